The minimum atomic E-state index is 0.515. The Hall–Kier alpha value is -2.68. The van der Waals surface area contributed by atoms with Crippen LogP contribution in [0, 0.1) is 13.8 Å². The van der Waals surface area contributed by atoms with Crippen molar-refractivity contribution in [1.82, 2.24) is 5.32 Å². The van der Waals surface area contributed by atoms with Gasteiger partial charge in [-0.25, -0.2) is 0 Å². The van der Waals surface area contributed by atoms with Crippen molar-refractivity contribution in [3.05, 3.63) is 76.8 Å². The van der Waals surface area contributed by atoms with E-state index in [4.69, 9.17) is 10.5 Å². The summed E-state index contributed by atoms with van der Waals surface area (Å²) in [5.41, 5.74) is 15.0. The summed E-state index contributed by atoms with van der Waals surface area (Å²) in [5.74, 6) is 1.39. The molecule has 2 aromatic rings. The molecule has 0 aliphatic heterocycles. The fraction of sp³-hybridized carbons (Fsp3) is 0.304. The largest absolute Gasteiger partial charge is 0.497 e. The molecule has 0 saturated heterocycles. The first kappa shape index (κ1) is 18.1. The lowest BCUT2D eigenvalue weighted by Crippen LogP contribution is -2.23. The molecule has 1 aliphatic carbocycles. The SMILES string of the molecule is C=C(N)NC(Cc1c(C)ccc(-c2ccc(OC)cc2)c1C)=C1CCC1. The van der Waals surface area contributed by atoms with Crippen molar-refractivity contribution in [2.45, 2.75) is 39.5 Å². The Kier molecular flexibility index (Phi) is 5.36. The van der Waals surface area contributed by atoms with Gasteiger partial charge in [0.15, 0.2) is 0 Å². The van der Waals surface area contributed by atoms with Gasteiger partial charge < -0.3 is 15.8 Å². The Morgan fingerprint density at radius 2 is 1.81 bits per heavy atom. The second-order valence-electron chi connectivity index (χ2n) is 7.02. The Balaban J connectivity index is 1.97. The molecular weight excluding hydrogens is 320 g/mol. The molecule has 1 saturated carbocycles. The summed E-state index contributed by atoms with van der Waals surface area (Å²) in [6.07, 6.45) is 4.45. The fourth-order valence-electron chi connectivity index (χ4n) is 3.53. The molecule has 2 aromatic carbocycles. The number of ether oxygens (including phenoxy) is 1. The number of hydrogen-bond acceptors (Lipinski definition) is 3. The lowest BCUT2D eigenvalue weighted by atomic mass is 9.86. The van der Waals surface area contributed by atoms with Crippen molar-refractivity contribution in [1.29, 1.82) is 0 Å². The van der Waals surface area contributed by atoms with E-state index < -0.39 is 0 Å². The zero-order valence-electron chi connectivity index (χ0n) is 16.0. The summed E-state index contributed by atoms with van der Waals surface area (Å²) in [7, 11) is 1.69. The molecule has 136 valence electrons. The Morgan fingerprint density at radius 1 is 1.12 bits per heavy atom. The van der Waals surface area contributed by atoms with Gasteiger partial charge in [-0.1, -0.05) is 36.4 Å². The van der Waals surface area contributed by atoms with E-state index in [1.54, 1.807) is 7.11 Å². The maximum absolute atomic E-state index is 5.84. The van der Waals surface area contributed by atoms with E-state index in [2.05, 4.69) is 50.0 Å². The number of allylic oxidation sites excluding steroid dienone is 2. The number of aryl methyl sites for hydroxylation is 1. The van der Waals surface area contributed by atoms with Crippen molar-refractivity contribution in [3.63, 3.8) is 0 Å². The Morgan fingerprint density at radius 3 is 2.35 bits per heavy atom. The van der Waals surface area contributed by atoms with Crippen LogP contribution < -0.4 is 15.8 Å². The minimum Gasteiger partial charge on any atom is -0.497 e. The third-order valence-corrected chi connectivity index (χ3v) is 5.28. The van der Waals surface area contributed by atoms with E-state index >= 15 is 0 Å². The van der Waals surface area contributed by atoms with Crippen molar-refractivity contribution >= 4 is 0 Å². The monoisotopic (exact) mass is 348 g/mol. The molecule has 0 unspecified atom stereocenters. The standard InChI is InChI=1S/C23H28N2O/c1-15-8-13-21(18-9-11-20(26-4)12-10-18)16(2)22(15)14-23(25-17(3)24)19-6-5-7-19/h8-13,25H,3,5-7,14,24H2,1-2,4H3. The van der Waals surface area contributed by atoms with E-state index in [-0.39, 0.29) is 0 Å². The van der Waals surface area contributed by atoms with Crippen molar-refractivity contribution < 1.29 is 4.74 Å². The second kappa shape index (κ2) is 7.69. The summed E-state index contributed by atoms with van der Waals surface area (Å²) in [5, 5.41) is 3.31. The van der Waals surface area contributed by atoms with Crippen LogP contribution in [0.25, 0.3) is 11.1 Å². The van der Waals surface area contributed by atoms with Crippen molar-refractivity contribution in [3.8, 4) is 16.9 Å². The topological polar surface area (TPSA) is 47.3 Å². The summed E-state index contributed by atoms with van der Waals surface area (Å²) in [6.45, 7) is 8.22. The van der Waals surface area contributed by atoms with E-state index in [0.29, 0.717) is 5.82 Å². The maximum Gasteiger partial charge on any atom is 0.118 e. The van der Waals surface area contributed by atoms with Crippen molar-refractivity contribution in [2.75, 3.05) is 7.11 Å². The lowest BCUT2D eigenvalue weighted by Gasteiger charge is -2.25. The van der Waals surface area contributed by atoms with E-state index in [1.165, 1.54) is 45.5 Å². The molecule has 26 heavy (non-hydrogen) atoms. The molecule has 1 fully saturated rings. The lowest BCUT2D eigenvalue weighted by molar-refractivity contribution is 0.415. The first-order valence-electron chi connectivity index (χ1n) is 9.15. The quantitative estimate of drug-likeness (QED) is 0.774. The van der Waals surface area contributed by atoms with Crippen LogP contribution in [-0.2, 0) is 6.42 Å². The van der Waals surface area contributed by atoms with Gasteiger partial charge in [0.2, 0.25) is 0 Å². The number of nitrogens with one attached hydrogen (secondary N) is 1. The number of hydrogen-bond donors (Lipinski definition) is 2. The molecule has 0 aromatic heterocycles. The van der Waals surface area contributed by atoms with Crippen molar-refractivity contribution in [2.24, 2.45) is 5.73 Å². The highest BCUT2D eigenvalue weighted by Gasteiger charge is 2.18. The number of rotatable bonds is 6. The molecule has 3 rings (SSSR count). The number of nitrogens with two attached hydrogens (primary N) is 1. The first-order chi connectivity index (χ1) is 12.5. The van der Waals surface area contributed by atoms with Crippen LogP contribution in [0.5, 0.6) is 5.75 Å². The smallest absolute Gasteiger partial charge is 0.118 e. The molecule has 3 nitrogen and oxygen atoms in total. The van der Waals surface area contributed by atoms with Gasteiger partial charge >= 0.3 is 0 Å². The molecule has 3 N–H and O–H groups in total. The molecule has 0 spiro atoms. The Bertz CT molecular complexity index is 841. The average Bonchev–Trinajstić information content (AvgIpc) is 2.56. The van der Waals surface area contributed by atoms with Crippen LogP contribution in [0.4, 0.5) is 0 Å². The second-order valence-corrected chi connectivity index (χ2v) is 7.02. The molecule has 1 aliphatic rings. The zero-order chi connectivity index (χ0) is 18.7. The third-order valence-electron chi connectivity index (χ3n) is 5.28. The maximum atomic E-state index is 5.84. The Labute approximate surface area is 156 Å². The number of methoxy groups -OCH3 is 1. The van der Waals surface area contributed by atoms with Gasteiger partial charge in [0.1, 0.15) is 5.75 Å². The van der Waals surface area contributed by atoms with Crippen LogP contribution in [-0.4, -0.2) is 7.11 Å². The van der Waals surface area contributed by atoms with Gasteiger partial charge in [-0.2, -0.15) is 0 Å². The fourth-order valence-corrected chi connectivity index (χ4v) is 3.53. The molecule has 0 amide bonds. The molecule has 3 heteroatoms. The van der Waals surface area contributed by atoms with Gasteiger partial charge in [-0.3, -0.25) is 0 Å². The van der Waals surface area contributed by atoms with Gasteiger partial charge in [0, 0.05) is 12.1 Å². The molecule has 0 bridgehead atoms. The third kappa shape index (κ3) is 3.77. The van der Waals surface area contributed by atoms with Crippen LogP contribution in [0.2, 0.25) is 0 Å². The van der Waals surface area contributed by atoms with E-state index in [1.807, 2.05) is 12.1 Å². The molecular formula is C23H28N2O. The van der Waals surface area contributed by atoms with Crippen LogP contribution in [0.3, 0.4) is 0 Å². The minimum absolute atomic E-state index is 0.515. The summed E-state index contributed by atoms with van der Waals surface area (Å²) in [6, 6.07) is 12.7. The predicted octanol–water partition coefficient (Wildman–Crippen LogP) is 4.98. The van der Waals surface area contributed by atoms with Gasteiger partial charge in [-0.05, 0) is 73.1 Å². The number of benzene rings is 2. The molecule has 0 heterocycles. The van der Waals surface area contributed by atoms with Gasteiger partial charge in [-0.15, -0.1) is 0 Å². The summed E-state index contributed by atoms with van der Waals surface area (Å²) < 4.78 is 5.28. The van der Waals surface area contributed by atoms with E-state index in [9.17, 15) is 0 Å². The highest BCUT2D eigenvalue weighted by Crippen LogP contribution is 2.33. The average molecular weight is 348 g/mol. The zero-order valence-corrected chi connectivity index (χ0v) is 16.0. The summed E-state index contributed by atoms with van der Waals surface area (Å²) in [4.78, 5) is 0. The normalized spacial score (nSPS) is 13.1. The van der Waals surface area contributed by atoms with Gasteiger partial charge in [0.05, 0.1) is 12.9 Å². The van der Waals surface area contributed by atoms with Crippen LogP contribution in [0.1, 0.15) is 36.0 Å². The summed E-state index contributed by atoms with van der Waals surface area (Å²) >= 11 is 0. The van der Waals surface area contributed by atoms with Crippen LogP contribution in [0.15, 0.2) is 60.1 Å². The molecule has 0 radical (unpaired) electrons. The van der Waals surface area contributed by atoms with Gasteiger partial charge in [0.25, 0.3) is 0 Å². The predicted molar refractivity (Wildman–Crippen MR) is 109 cm³/mol. The molecule has 0 atom stereocenters. The first-order valence-corrected chi connectivity index (χ1v) is 9.15. The van der Waals surface area contributed by atoms with Crippen LogP contribution >= 0.6 is 0 Å². The highest BCUT2D eigenvalue weighted by atomic mass is 16.5. The highest BCUT2D eigenvalue weighted by molar-refractivity contribution is 5.70. The van der Waals surface area contributed by atoms with E-state index in [0.717, 1.165) is 25.0 Å².